The lowest BCUT2D eigenvalue weighted by Gasteiger charge is -2.21. The molecule has 0 saturated carbocycles. The Morgan fingerprint density at radius 2 is 2.24 bits per heavy atom. The summed E-state index contributed by atoms with van der Waals surface area (Å²) in [6.07, 6.45) is 0. The number of anilines is 1. The number of fused-ring (bicyclic) bond motifs is 1. The van der Waals surface area contributed by atoms with Crippen molar-refractivity contribution in [1.29, 1.82) is 0 Å². The van der Waals surface area contributed by atoms with Crippen LogP contribution in [0.15, 0.2) is 30.4 Å². The largest absolute Gasteiger partial charge is 0.463 e. The highest BCUT2D eigenvalue weighted by atomic mass is 16.6. The number of nitro benzene ring substituents is 1. The molecule has 8 nitrogen and oxygen atoms in total. The van der Waals surface area contributed by atoms with Crippen LogP contribution < -0.4 is 5.32 Å². The first-order valence-electron chi connectivity index (χ1n) is 6.01. The summed E-state index contributed by atoms with van der Waals surface area (Å²) in [6, 6.07) is 3.48. The van der Waals surface area contributed by atoms with Crippen LogP contribution in [0.1, 0.15) is 12.5 Å². The number of nitro groups is 1. The number of benzene rings is 1. The predicted octanol–water partition coefficient (Wildman–Crippen LogP) is 0.854. The monoisotopic (exact) mass is 292 g/mol. The van der Waals surface area contributed by atoms with Crippen molar-refractivity contribution in [2.24, 2.45) is 0 Å². The number of amides is 1. The summed E-state index contributed by atoms with van der Waals surface area (Å²) in [4.78, 5) is 33.8. The molecule has 0 saturated heterocycles. The molecule has 1 unspecified atom stereocenters. The van der Waals surface area contributed by atoms with Crippen molar-refractivity contribution in [3.63, 3.8) is 0 Å². The number of carbonyl (C=O) groups is 2. The van der Waals surface area contributed by atoms with Crippen molar-refractivity contribution in [3.8, 4) is 0 Å². The standard InChI is InChI=1S/C13H12N2O6/c1-3-21-11(16)7(2)13(18)9-6-8(15(19)20)4-5-10(9)14-12(13)17/h4-6,18H,2-3H2,1H3,(H,14,17). The molecule has 8 heteroatoms. The third-order valence-corrected chi connectivity index (χ3v) is 3.14. The molecule has 1 aliphatic heterocycles. The first-order chi connectivity index (χ1) is 9.82. The van der Waals surface area contributed by atoms with Crippen LogP contribution in [-0.4, -0.2) is 28.5 Å². The molecule has 1 aromatic rings. The molecule has 0 fully saturated rings. The number of ether oxygens (including phenoxy) is 1. The van der Waals surface area contributed by atoms with Crippen LogP contribution in [0.25, 0.3) is 0 Å². The Morgan fingerprint density at radius 3 is 2.81 bits per heavy atom. The summed E-state index contributed by atoms with van der Waals surface area (Å²) in [7, 11) is 0. The quantitative estimate of drug-likeness (QED) is 0.367. The third kappa shape index (κ3) is 2.15. The van der Waals surface area contributed by atoms with E-state index in [4.69, 9.17) is 4.74 Å². The Balaban J connectivity index is 2.54. The van der Waals surface area contributed by atoms with Gasteiger partial charge in [-0.25, -0.2) is 4.79 Å². The van der Waals surface area contributed by atoms with E-state index >= 15 is 0 Å². The number of rotatable bonds is 4. The Bertz CT molecular complexity index is 669. The smallest absolute Gasteiger partial charge is 0.337 e. The van der Waals surface area contributed by atoms with E-state index in [2.05, 4.69) is 11.9 Å². The van der Waals surface area contributed by atoms with Crippen LogP contribution in [-0.2, 0) is 19.9 Å². The zero-order valence-corrected chi connectivity index (χ0v) is 11.1. The first kappa shape index (κ1) is 14.7. The number of hydrogen-bond donors (Lipinski definition) is 2. The van der Waals surface area contributed by atoms with Crippen molar-refractivity contribution >= 4 is 23.3 Å². The SMILES string of the molecule is C=C(C(=O)OCC)C1(O)C(=O)Nc2ccc([N+](=O)[O-])cc21. The third-order valence-electron chi connectivity index (χ3n) is 3.14. The number of non-ortho nitro benzene ring substituents is 1. The second-order valence-corrected chi connectivity index (χ2v) is 4.35. The average molecular weight is 292 g/mol. The van der Waals surface area contributed by atoms with Gasteiger partial charge >= 0.3 is 5.97 Å². The van der Waals surface area contributed by atoms with Crippen LogP contribution in [0.2, 0.25) is 0 Å². The van der Waals surface area contributed by atoms with Gasteiger partial charge in [0, 0.05) is 23.4 Å². The Hall–Kier alpha value is -2.74. The molecule has 110 valence electrons. The Labute approximate surface area is 119 Å². The van der Waals surface area contributed by atoms with Gasteiger partial charge in [0.2, 0.25) is 5.60 Å². The fourth-order valence-electron chi connectivity index (χ4n) is 2.05. The van der Waals surface area contributed by atoms with Crippen LogP contribution in [0, 0.1) is 10.1 Å². The van der Waals surface area contributed by atoms with E-state index in [0.29, 0.717) is 0 Å². The van der Waals surface area contributed by atoms with E-state index in [9.17, 15) is 24.8 Å². The summed E-state index contributed by atoms with van der Waals surface area (Å²) < 4.78 is 4.71. The zero-order valence-electron chi connectivity index (χ0n) is 11.1. The lowest BCUT2D eigenvalue weighted by molar-refractivity contribution is -0.385. The number of nitrogens with one attached hydrogen (secondary N) is 1. The molecule has 0 spiro atoms. The molecule has 1 amide bonds. The minimum atomic E-state index is -2.38. The molecule has 1 aromatic carbocycles. The summed E-state index contributed by atoms with van der Waals surface area (Å²) >= 11 is 0. The van der Waals surface area contributed by atoms with E-state index in [0.717, 1.165) is 6.07 Å². The maximum atomic E-state index is 12.0. The van der Waals surface area contributed by atoms with E-state index in [1.165, 1.54) is 12.1 Å². The first-order valence-corrected chi connectivity index (χ1v) is 6.01. The number of nitrogens with zero attached hydrogens (tertiary/aromatic N) is 1. The summed E-state index contributed by atoms with van der Waals surface area (Å²) in [5.41, 5.74) is -3.12. The van der Waals surface area contributed by atoms with Gasteiger partial charge in [0.1, 0.15) is 0 Å². The molecule has 0 radical (unpaired) electrons. The minimum absolute atomic E-state index is 0.0390. The summed E-state index contributed by atoms with van der Waals surface area (Å²) in [5.74, 6) is -1.86. The number of esters is 1. The molecule has 1 aliphatic rings. The van der Waals surface area contributed by atoms with Crippen molar-refractivity contribution in [2.45, 2.75) is 12.5 Å². The fourth-order valence-corrected chi connectivity index (χ4v) is 2.05. The minimum Gasteiger partial charge on any atom is -0.463 e. The summed E-state index contributed by atoms with van der Waals surface area (Å²) in [6.45, 7) is 4.99. The van der Waals surface area contributed by atoms with Crippen LogP contribution in [0.3, 0.4) is 0 Å². The van der Waals surface area contributed by atoms with E-state index in [1.54, 1.807) is 6.92 Å². The van der Waals surface area contributed by atoms with Gasteiger partial charge in [-0.2, -0.15) is 0 Å². The Kier molecular flexibility index (Phi) is 3.48. The average Bonchev–Trinajstić information content (AvgIpc) is 2.70. The summed E-state index contributed by atoms with van der Waals surface area (Å²) in [5, 5.41) is 23.7. The molecule has 0 bridgehead atoms. The molecule has 2 rings (SSSR count). The van der Waals surface area contributed by atoms with Gasteiger partial charge in [-0.1, -0.05) is 6.58 Å². The van der Waals surface area contributed by atoms with Gasteiger partial charge in [-0.3, -0.25) is 14.9 Å². The highest BCUT2D eigenvalue weighted by Gasteiger charge is 2.51. The number of carbonyl (C=O) groups excluding carboxylic acids is 2. The predicted molar refractivity (Wildman–Crippen MR) is 71.4 cm³/mol. The van der Waals surface area contributed by atoms with Gasteiger partial charge in [-0.05, 0) is 13.0 Å². The fraction of sp³-hybridized carbons (Fsp3) is 0.231. The molecular formula is C13H12N2O6. The molecule has 1 heterocycles. The highest BCUT2D eigenvalue weighted by molar-refractivity contribution is 6.12. The van der Waals surface area contributed by atoms with E-state index < -0.39 is 28.0 Å². The van der Waals surface area contributed by atoms with E-state index in [-0.39, 0.29) is 23.5 Å². The lowest BCUT2D eigenvalue weighted by Crippen LogP contribution is -2.39. The molecule has 21 heavy (non-hydrogen) atoms. The second kappa shape index (κ2) is 4.98. The Morgan fingerprint density at radius 1 is 1.57 bits per heavy atom. The van der Waals surface area contributed by atoms with Gasteiger partial charge in [0.25, 0.3) is 11.6 Å². The van der Waals surface area contributed by atoms with Crippen molar-refractivity contribution in [2.75, 3.05) is 11.9 Å². The van der Waals surface area contributed by atoms with Gasteiger partial charge < -0.3 is 15.2 Å². The molecule has 0 aromatic heterocycles. The van der Waals surface area contributed by atoms with Gasteiger partial charge in [0.05, 0.1) is 17.1 Å². The molecule has 1 atom stereocenters. The number of hydrogen-bond acceptors (Lipinski definition) is 6. The molecule has 0 aliphatic carbocycles. The topological polar surface area (TPSA) is 119 Å². The lowest BCUT2D eigenvalue weighted by atomic mass is 9.88. The second-order valence-electron chi connectivity index (χ2n) is 4.35. The van der Waals surface area contributed by atoms with E-state index in [1.807, 2.05) is 0 Å². The highest BCUT2D eigenvalue weighted by Crippen LogP contribution is 2.42. The van der Waals surface area contributed by atoms with Crippen molar-refractivity contribution in [1.82, 2.24) is 0 Å². The van der Waals surface area contributed by atoms with Crippen molar-refractivity contribution < 1.29 is 24.4 Å². The normalized spacial score (nSPS) is 19.6. The van der Waals surface area contributed by atoms with Gasteiger partial charge in [0.15, 0.2) is 0 Å². The number of aliphatic hydroxyl groups is 1. The maximum absolute atomic E-state index is 12.0. The molecule has 2 N–H and O–H groups in total. The molecular weight excluding hydrogens is 280 g/mol. The van der Waals surface area contributed by atoms with Crippen molar-refractivity contribution in [3.05, 3.63) is 46.0 Å². The van der Waals surface area contributed by atoms with Crippen LogP contribution in [0.4, 0.5) is 11.4 Å². The zero-order chi connectivity index (χ0) is 15.8. The van der Waals surface area contributed by atoms with Crippen LogP contribution >= 0.6 is 0 Å². The van der Waals surface area contributed by atoms with Crippen LogP contribution in [0.5, 0.6) is 0 Å². The van der Waals surface area contributed by atoms with Gasteiger partial charge in [-0.15, -0.1) is 0 Å². The maximum Gasteiger partial charge on any atom is 0.337 e.